The van der Waals surface area contributed by atoms with Crippen LogP contribution in [0.3, 0.4) is 0 Å². The molecule has 13 nitrogen and oxygen atoms in total. The van der Waals surface area contributed by atoms with Crippen LogP contribution in [0, 0.1) is 0 Å². The Labute approximate surface area is 170 Å². The average Bonchev–Trinajstić information content (AvgIpc) is 2.65. The maximum Gasteiger partial charge on any atom is 0.322 e. The molecule has 0 saturated carbocycles. The molecule has 0 unspecified atom stereocenters. The number of amides is 3. The normalized spacial score (nSPS) is 13.6. The van der Waals surface area contributed by atoms with Gasteiger partial charge in [0.1, 0.15) is 24.7 Å². The van der Waals surface area contributed by atoms with Gasteiger partial charge in [-0.3, -0.25) is 33.7 Å². The number of hydrogen-bond acceptors (Lipinski definition) is 9. The zero-order valence-corrected chi connectivity index (χ0v) is 16.2. The summed E-state index contributed by atoms with van der Waals surface area (Å²) in [5.74, 6) is -7.32. The Morgan fingerprint density at radius 3 is 1.59 bits per heavy atom. The van der Waals surface area contributed by atoms with E-state index < -0.39 is 73.1 Å². The Kier molecular flexibility index (Phi) is 11.5. The number of carboxylic acid groups (broad SMARTS) is 3. The SMILES string of the molecule is N[C@@H](CCC(=O)N(C(=O)CC[C@H](N)C(=O)O)[C@@H](CS)C(=O)NCC(=O)O)C(=O)O. The first-order chi connectivity index (χ1) is 13.4. The summed E-state index contributed by atoms with van der Waals surface area (Å²) < 4.78 is 0. The molecule has 0 aliphatic carbocycles. The number of nitrogens with zero attached hydrogens (tertiary/aromatic N) is 1. The highest BCUT2D eigenvalue weighted by molar-refractivity contribution is 7.80. The zero-order valence-electron chi connectivity index (χ0n) is 15.3. The quantitative estimate of drug-likeness (QED) is 0.146. The van der Waals surface area contributed by atoms with E-state index >= 15 is 0 Å². The van der Waals surface area contributed by atoms with Gasteiger partial charge >= 0.3 is 17.9 Å². The lowest BCUT2D eigenvalue weighted by Gasteiger charge is -2.28. The number of rotatable bonds is 13. The second-order valence-electron chi connectivity index (χ2n) is 5.93. The number of imide groups is 1. The second kappa shape index (κ2) is 12.7. The van der Waals surface area contributed by atoms with Gasteiger partial charge in [0.15, 0.2) is 0 Å². The van der Waals surface area contributed by atoms with Crippen molar-refractivity contribution in [1.29, 1.82) is 0 Å². The molecule has 8 N–H and O–H groups in total. The fraction of sp³-hybridized carbons (Fsp3) is 0.600. The first-order valence-electron chi connectivity index (χ1n) is 8.34. The molecule has 0 saturated heterocycles. The van der Waals surface area contributed by atoms with Gasteiger partial charge in [0.25, 0.3) is 0 Å². The molecule has 0 rings (SSSR count). The van der Waals surface area contributed by atoms with Gasteiger partial charge in [-0.05, 0) is 12.8 Å². The minimum atomic E-state index is -1.50. The van der Waals surface area contributed by atoms with Gasteiger partial charge in [0, 0.05) is 18.6 Å². The van der Waals surface area contributed by atoms with Crippen LogP contribution in [0.2, 0.25) is 0 Å². The van der Waals surface area contributed by atoms with Crippen LogP contribution >= 0.6 is 12.6 Å². The first-order valence-corrected chi connectivity index (χ1v) is 8.97. The summed E-state index contributed by atoms with van der Waals surface area (Å²) >= 11 is 3.92. The number of nitrogens with two attached hydrogens (primary N) is 2. The summed E-state index contributed by atoms with van der Waals surface area (Å²) in [6.45, 7) is -0.771. The van der Waals surface area contributed by atoms with E-state index in [4.69, 9.17) is 26.8 Å². The largest absolute Gasteiger partial charge is 0.480 e. The number of carboxylic acids is 3. The Hall–Kier alpha value is -2.71. The van der Waals surface area contributed by atoms with Gasteiger partial charge in [-0.15, -0.1) is 0 Å². The van der Waals surface area contributed by atoms with Crippen molar-refractivity contribution in [3.8, 4) is 0 Å². The van der Waals surface area contributed by atoms with Crippen LogP contribution in [0.25, 0.3) is 0 Å². The van der Waals surface area contributed by atoms with Gasteiger partial charge in [-0.2, -0.15) is 12.6 Å². The maximum absolute atomic E-state index is 12.5. The summed E-state index contributed by atoms with van der Waals surface area (Å²) in [6, 6.07) is -4.27. The molecule has 0 aromatic carbocycles. The fourth-order valence-corrected chi connectivity index (χ4v) is 2.42. The molecule has 3 atom stereocenters. The van der Waals surface area contributed by atoms with Crippen LogP contribution in [-0.4, -0.2) is 86.3 Å². The van der Waals surface area contributed by atoms with Crippen LogP contribution in [0.5, 0.6) is 0 Å². The molecule has 29 heavy (non-hydrogen) atoms. The van der Waals surface area contributed by atoms with Crippen molar-refractivity contribution >= 4 is 48.3 Å². The molecule has 0 aliphatic heterocycles. The lowest BCUT2D eigenvalue weighted by molar-refractivity contribution is -0.151. The lowest BCUT2D eigenvalue weighted by Crippen LogP contribution is -2.54. The van der Waals surface area contributed by atoms with Crippen LogP contribution < -0.4 is 16.8 Å². The smallest absolute Gasteiger partial charge is 0.322 e. The molecule has 0 spiro atoms. The van der Waals surface area contributed by atoms with Crippen molar-refractivity contribution in [1.82, 2.24) is 10.2 Å². The molecule has 0 aromatic heterocycles. The van der Waals surface area contributed by atoms with Crippen LogP contribution in [-0.2, 0) is 28.8 Å². The van der Waals surface area contributed by atoms with Crippen LogP contribution in [0.15, 0.2) is 0 Å². The lowest BCUT2D eigenvalue weighted by atomic mass is 10.1. The highest BCUT2D eigenvalue weighted by Crippen LogP contribution is 2.12. The van der Waals surface area contributed by atoms with E-state index in [1.54, 1.807) is 0 Å². The van der Waals surface area contributed by atoms with Gasteiger partial charge in [0.2, 0.25) is 17.7 Å². The van der Waals surface area contributed by atoms with E-state index in [0.717, 1.165) is 0 Å². The first kappa shape index (κ1) is 26.3. The van der Waals surface area contributed by atoms with Crippen LogP contribution in [0.1, 0.15) is 25.7 Å². The number of aliphatic carboxylic acids is 3. The maximum atomic E-state index is 12.5. The molecule has 0 bridgehead atoms. The third-order valence-electron chi connectivity index (χ3n) is 3.71. The summed E-state index contributed by atoms with van der Waals surface area (Å²) in [6.07, 6.45) is -1.66. The highest BCUT2D eigenvalue weighted by Gasteiger charge is 2.34. The molecule has 3 amide bonds. The van der Waals surface area contributed by atoms with Crippen molar-refractivity contribution in [3.05, 3.63) is 0 Å². The number of nitrogens with one attached hydrogen (secondary N) is 1. The third kappa shape index (κ3) is 9.36. The highest BCUT2D eigenvalue weighted by atomic mass is 32.1. The minimum Gasteiger partial charge on any atom is -0.480 e. The Morgan fingerprint density at radius 2 is 1.28 bits per heavy atom. The van der Waals surface area contributed by atoms with Crippen molar-refractivity contribution < 1.29 is 44.1 Å². The Balaban J connectivity index is 5.47. The molecule has 14 heteroatoms. The molecule has 0 radical (unpaired) electrons. The van der Waals surface area contributed by atoms with Gasteiger partial charge in [-0.1, -0.05) is 0 Å². The number of thiol groups is 1. The standard InChI is InChI=1S/C15H24N4O9S/c16-7(14(25)26)1-3-10(20)19(11(21)4-2-8(17)15(27)28)9(6-29)13(24)18-5-12(22)23/h7-9,29H,1-6,16-17H2,(H,18,24)(H,22,23)(H,25,26)(H,27,28)/t7-,8-,9-/m0/s1. The van der Waals surface area contributed by atoms with Crippen molar-refractivity contribution in [2.45, 2.75) is 43.8 Å². The average molecular weight is 436 g/mol. The number of carbonyl (C=O) groups is 6. The Morgan fingerprint density at radius 1 is 0.862 bits per heavy atom. The number of carbonyl (C=O) groups excluding carboxylic acids is 3. The van der Waals surface area contributed by atoms with E-state index in [9.17, 15) is 28.8 Å². The molecule has 164 valence electrons. The molecular formula is C15H24N4O9S. The van der Waals surface area contributed by atoms with Gasteiger partial charge < -0.3 is 32.1 Å². The minimum absolute atomic E-state index is 0.331. The van der Waals surface area contributed by atoms with E-state index in [-0.39, 0.29) is 18.6 Å². The zero-order chi connectivity index (χ0) is 22.7. The second-order valence-corrected chi connectivity index (χ2v) is 6.30. The topological polar surface area (TPSA) is 230 Å². The fourth-order valence-electron chi connectivity index (χ4n) is 2.09. The van der Waals surface area contributed by atoms with Gasteiger partial charge in [-0.25, -0.2) is 0 Å². The Bertz CT molecular complexity index is 622. The molecular weight excluding hydrogens is 412 g/mol. The molecule has 0 heterocycles. The van der Waals surface area contributed by atoms with Gasteiger partial charge in [0.05, 0.1) is 0 Å². The summed E-state index contributed by atoms with van der Waals surface area (Å²) in [4.78, 5) is 69.9. The van der Waals surface area contributed by atoms with E-state index in [2.05, 4.69) is 12.6 Å². The van der Waals surface area contributed by atoms with Crippen molar-refractivity contribution in [3.63, 3.8) is 0 Å². The summed E-state index contributed by atoms with van der Waals surface area (Å²) in [5, 5.41) is 28.2. The number of hydrogen-bond donors (Lipinski definition) is 7. The van der Waals surface area contributed by atoms with Crippen LogP contribution in [0.4, 0.5) is 0 Å². The molecule has 0 aliphatic rings. The molecule has 0 aromatic rings. The van der Waals surface area contributed by atoms with E-state index in [0.29, 0.717) is 4.90 Å². The third-order valence-corrected chi connectivity index (χ3v) is 4.06. The summed E-state index contributed by atoms with van der Waals surface area (Å²) in [5.41, 5.74) is 10.7. The predicted molar refractivity (Wildman–Crippen MR) is 99.8 cm³/mol. The van der Waals surface area contributed by atoms with Crippen molar-refractivity contribution in [2.24, 2.45) is 11.5 Å². The monoisotopic (exact) mass is 436 g/mol. The summed E-state index contributed by atoms with van der Waals surface area (Å²) in [7, 11) is 0. The molecule has 0 fully saturated rings. The van der Waals surface area contributed by atoms with E-state index in [1.807, 2.05) is 5.32 Å². The van der Waals surface area contributed by atoms with Crippen molar-refractivity contribution in [2.75, 3.05) is 12.3 Å². The van der Waals surface area contributed by atoms with E-state index in [1.165, 1.54) is 0 Å². The predicted octanol–water partition coefficient (Wildman–Crippen LogP) is -2.77.